The molecule has 2 heterocycles. The summed E-state index contributed by atoms with van der Waals surface area (Å²) in [5, 5.41) is 0. The number of fused-ring (bicyclic) bond motifs is 1. The molecule has 1 aliphatic rings. The van der Waals surface area contributed by atoms with Crippen LogP contribution in [0.1, 0.15) is 19.8 Å². The number of anilines is 1. The van der Waals surface area contributed by atoms with Gasteiger partial charge < -0.3 is 15.0 Å². The fourth-order valence-electron chi connectivity index (χ4n) is 2.57. The van der Waals surface area contributed by atoms with E-state index >= 15 is 0 Å². The average Bonchev–Trinajstić information content (AvgIpc) is 2.73. The summed E-state index contributed by atoms with van der Waals surface area (Å²) in [4.78, 5) is 4.43. The van der Waals surface area contributed by atoms with E-state index < -0.39 is 0 Å². The molecule has 1 aromatic heterocycles. The summed E-state index contributed by atoms with van der Waals surface area (Å²) in [5.41, 5.74) is 8.63. The molecule has 90 valence electrons. The molecule has 2 N–H and O–H groups in total. The van der Waals surface area contributed by atoms with Gasteiger partial charge in [0.15, 0.2) is 0 Å². The van der Waals surface area contributed by atoms with Crippen LogP contribution in [0, 0.1) is 0 Å². The second-order valence-electron chi connectivity index (χ2n) is 5.02. The van der Waals surface area contributed by atoms with Crippen molar-refractivity contribution in [1.82, 2.24) is 9.55 Å². The van der Waals surface area contributed by atoms with E-state index in [0.29, 0.717) is 0 Å². The zero-order chi connectivity index (χ0) is 11.9. The Kier molecular flexibility index (Phi) is 2.33. The maximum Gasteiger partial charge on any atom is 0.0964 e. The van der Waals surface area contributed by atoms with Crippen molar-refractivity contribution in [3.63, 3.8) is 0 Å². The van der Waals surface area contributed by atoms with Crippen LogP contribution in [0.5, 0.6) is 0 Å². The third-order valence-corrected chi connectivity index (χ3v) is 3.57. The molecule has 0 aliphatic carbocycles. The van der Waals surface area contributed by atoms with Crippen molar-refractivity contribution < 1.29 is 4.74 Å². The molecule has 0 amide bonds. The molecule has 3 rings (SSSR count). The fraction of sp³-hybridized carbons (Fsp3) is 0.462. The van der Waals surface area contributed by atoms with Gasteiger partial charge in [0.05, 0.1) is 29.5 Å². The summed E-state index contributed by atoms with van der Waals surface area (Å²) in [6, 6.07) is 5.88. The number of benzene rings is 1. The molecule has 4 nitrogen and oxygen atoms in total. The summed E-state index contributed by atoms with van der Waals surface area (Å²) in [7, 11) is 0. The lowest BCUT2D eigenvalue weighted by Crippen LogP contribution is -2.38. The van der Waals surface area contributed by atoms with Gasteiger partial charge in [-0.3, -0.25) is 0 Å². The quantitative estimate of drug-likeness (QED) is 0.765. The normalized spacial score (nSPS) is 25.2. The third-order valence-electron chi connectivity index (χ3n) is 3.57. The largest absolute Gasteiger partial charge is 0.399 e. The van der Waals surface area contributed by atoms with Gasteiger partial charge >= 0.3 is 0 Å². The van der Waals surface area contributed by atoms with E-state index in [2.05, 4.69) is 16.5 Å². The number of aromatic nitrogens is 2. The molecular formula is C13H17N3O. The van der Waals surface area contributed by atoms with Gasteiger partial charge in [-0.25, -0.2) is 4.98 Å². The van der Waals surface area contributed by atoms with Crippen molar-refractivity contribution in [1.29, 1.82) is 0 Å². The van der Waals surface area contributed by atoms with Crippen LogP contribution in [0.4, 0.5) is 5.69 Å². The van der Waals surface area contributed by atoms with Crippen molar-refractivity contribution >= 4 is 16.7 Å². The summed E-state index contributed by atoms with van der Waals surface area (Å²) < 4.78 is 7.83. The van der Waals surface area contributed by atoms with Gasteiger partial charge in [0, 0.05) is 12.3 Å². The Morgan fingerprint density at radius 3 is 3.12 bits per heavy atom. The summed E-state index contributed by atoms with van der Waals surface area (Å²) in [6.07, 6.45) is 4.13. The van der Waals surface area contributed by atoms with E-state index in [9.17, 15) is 0 Å². The van der Waals surface area contributed by atoms with Crippen LogP contribution in [-0.4, -0.2) is 22.8 Å². The second-order valence-corrected chi connectivity index (χ2v) is 5.02. The topological polar surface area (TPSA) is 53.1 Å². The molecule has 1 aromatic carbocycles. The highest BCUT2D eigenvalue weighted by molar-refractivity contribution is 5.79. The Labute approximate surface area is 100 Å². The van der Waals surface area contributed by atoms with Gasteiger partial charge in [0.25, 0.3) is 0 Å². The minimum Gasteiger partial charge on any atom is -0.399 e. The molecule has 1 atom stereocenters. The van der Waals surface area contributed by atoms with Crippen molar-refractivity contribution in [3.05, 3.63) is 24.5 Å². The minimum absolute atomic E-state index is 0.0170. The van der Waals surface area contributed by atoms with Crippen molar-refractivity contribution in [3.8, 4) is 0 Å². The lowest BCUT2D eigenvalue weighted by atomic mass is 9.94. The molecule has 2 aromatic rings. The molecule has 1 unspecified atom stereocenters. The Morgan fingerprint density at radius 1 is 1.47 bits per heavy atom. The summed E-state index contributed by atoms with van der Waals surface area (Å²) in [6.45, 7) is 3.85. The van der Waals surface area contributed by atoms with Crippen LogP contribution in [0.2, 0.25) is 0 Å². The van der Waals surface area contributed by atoms with Crippen LogP contribution in [0.3, 0.4) is 0 Å². The van der Waals surface area contributed by atoms with E-state index in [1.165, 1.54) is 0 Å². The molecule has 17 heavy (non-hydrogen) atoms. The molecule has 4 heteroatoms. The lowest BCUT2D eigenvalue weighted by molar-refractivity contribution is 0.0114. The first-order valence-corrected chi connectivity index (χ1v) is 6.00. The van der Waals surface area contributed by atoms with E-state index in [4.69, 9.17) is 10.5 Å². The molecule has 0 saturated carbocycles. The number of nitrogens with zero attached hydrogens (tertiary/aromatic N) is 2. The molecule has 0 radical (unpaired) electrons. The Bertz CT molecular complexity index is 541. The van der Waals surface area contributed by atoms with Gasteiger partial charge in [-0.1, -0.05) is 0 Å². The number of rotatable bonds is 1. The van der Waals surface area contributed by atoms with Crippen molar-refractivity contribution in [2.45, 2.75) is 25.3 Å². The molecule has 1 saturated heterocycles. The van der Waals surface area contributed by atoms with Gasteiger partial charge in [-0.2, -0.15) is 0 Å². The lowest BCUT2D eigenvalue weighted by Gasteiger charge is -2.35. The maximum absolute atomic E-state index is 5.77. The smallest absolute Gasteiger partial charge is 0.0964 e. The van der Waals surface area contributed by atoms with E-state index in [1.54, 1.807) is 0 Å². The number of imidazole rings is 1. The van der Waals surface area contributed by atoms with Gasteiger partial charge in [0.2, 0.25) is 0 Å². The highest BCUT2D eigenvalue weighted by Gasteiger charge is 2.30. The van der Waals surface area contributed by atoms with E-state index in [-0.39, 0.29) is 5.54 Å². The van der Waals surface area contributed by atoms with E-state index in [1.807, 2.05) is 24.5 Å². The van der Waals surface area contributed by atoms with Crippen LogP contribution in [-0.2, 0) is 10.3 Å². The monoisotopic (exact) mass is 231 g/mol. The number of hydrogen-bond acceptors (Lipinski definition) is 3. The number of ether oxygens (including phenoxy) is 1. The molecule has 0 spiro atoms. The zero-order valence-corrected chi connectivity index (χ0v) is 10.0. The van der Waals surface area contributed by atoms with Crippen LogP contribution >= 0.6 is 0 Å². The predicted molar refractivity (Wildman–Crippen MR) is 67.8 cm³/mol. The van der Waals surface area contributed by atoms with Crippen LogP contribution < -0.4 is 5.73 Å². The first kappa shape index (κ1) is 10.6. The Hall–Kier alpha value is -1.55. The Morgan fingerprint density at radius 2 is 2.35 bits per heavy atom. The third kappa shape index (κ3) is 1.69. The highest BCUT2D eigenvalue weighted by Crippen LogP contribution is 2.30. The molecule has 0 bridgehead atoms. The van der Waals surface area contributed by atoms with Gasteiger partial charge in [0.1, 0.15) is 0 Å². The number of nitrogen functional groups attached to an aromatic ring is 1. The first-order valence-electron chi connectivity index (χ1n) is 6.00. The second kappa shape index (κ2) is 3.74. The number of nitrogens with two attached hydrogens (primary N) is 1. The zero-order valence-electron chi connectivity index (χ0n) is 10.0. The Balaban J connectivity index is 2.10. The fourth-order valence-corrected chi connectivity index (χ4v) is 2.57. The minimum atomic E-state index is 0.0170. The van der Waals surface area contributed by atoms with E-state index in [0.717, 1.165) is 42.8 Å². The molecule has 1 aliphatic heterocycles. The summed E-state index contributed by atoms with van der Waals surface area (Å²) in [5.74, 6) is 0. The van der Waals surface area contributed by atoms with Gasteiger partial charge in [-0.05, 0) is 38.0 Å². The first-order chi connectivity index (χ1) is 8.19. The van der Waals surface area contributed by atoms with Crippen LogP contribution in [0.25, 0.3) is 11.0 Å². The highest BCUT2D eigenvalue weighted by atomic mass is 16.5. The van der Waals surface area contributed by atoms with Crippen molar-refractivity contribution in [2.75, 3.05) is 18.9 Å². The van der Waals surface area contributed by atoms with Crippen LogP contribution in [0.15, 0.2) is 24.5 Å². The van der Waals surface area contributed by atoms with Crippen molar-refractivity contribution in [2.24, 2.45) is 0 Å². The molecular weight excluding hydrogens is 214 g/mol. The van der Waals surface area contributed by atoms with Gasteiger partial charge in [-0.15, -0.1) is 0 Å². The maximum atomic E-state index is 5.77. The average molecular weight is 231 g/mol. The SMILES string of the molecule is CC1(n2cnc3cc(N)ccc32)CCCOC1. The standard InChI is InChI=1S/C13H17N3O/c1-13(5-2-6-17-8-13)16-9-15-11-7-10(14)3-4-12(11)16/h3-4,7,9H,2,5-6,8,14H2,1H3. The predicted octanol–water partition coefficient (Wildman–Crippen LogP) is 2.14. The molecule has 1 fully saturated rings. The number of hydrogen-bond donors (Lipinski definition) is 1. The summed E-state index contributed by atoms with van der Waals surface area (Å²) >= 11 is 0.